The molecule has 3 nitrogen and oxygen atoms in total. The van der Waals surface area contributed by atoms with Crippen LogP contribution in [0, 0.1) is 0 Å². The first kappa shape index (κ1) is 12.9. The summed E-state index contributed by atoms with van der Waals surface area (Å²) in [6.45, 7) is 3.48. The number of carbonyl (C=O) groups excluding carboxylic acids is 1. The van der Waals surface area contributed by atoms with Crippen molar-refractivity contribution in [2.75, 3.05) is 13.1 Å². The van der Waals surface area contributed by atoms with Gasteiger partial charge in [0, 0.05) is 37.1 Å². The van der Waals surface area contributed by atoms with Crippen molar-refractivity contribution in [2.45, 2.75) is 44.4 Å². The molecule has 2 aliphatic rings. The number of benzene rings is 1. The number of rotatable bonds is 2. The number of nitrogens with zero attached hydrogens (tertiary/aromatic N) is 1. The minimum Gasteiger partial charge on any atom is -0.361 e. The van der Waals surface area contributed by atoms with Crippen LogP contribution in [0.2, 0.25) is 0 Å². The fraction of sp³-hybridized carbons (Fsp3) is 0.500. The Morgan fingerprint density at radius 1 is 1.14 bits per heavy atom. The highest BCUT2D eigenvalue weighted by Crippen LogP contribution is 2.43. The van der Waals surface area contributed by atoms with Gasteiger partial charge in [-0.05, 0) is 60.8 Å². The van der Waals surface area contributed by atoms with Gasteiger partial charge in [0.1, 0.15) is 0 Å². The van der Waals surface area contributed by atoms with Crippen molar-refractivity contribution in [1.82, 2.24) is 9.88 Å². The summed E-state index contributed by atoms with van der Waals surface area (Å²) in [6.07, 6.45) is 6.92. The van der Waals surface area contributed by atoms with E-state index in [1.807, 2.05) is 4.90 Å². The molecule has 2 heterocycles. The Morgan fingerprint density at radius 3 is 2.57 bits per heavy atom. The van der Waals surface area contributed by atoms with Crippen LogP contribution < -0.4 is 0 Å². The first-order valence-electron chi connectivity index (χ1n) is 8.09. The fourth-order valence-corrected chi connectivity index (χ4v) is 3.71. The van der Waals surface area contributed by atoms with Gasteiger partial charge in [-0.3, -0.25) is 4.79 Å². The average Bonchev–Trinajstić information content (AvgIpc) is 3.24. The lowest BCUT2D eigenvalue weighted by atomic mass is 9.86. The highest BCUT2D eigenvalue weighted by molar-refractivity contribution is 5.84. The van der Waals surface area contributed by atoms with Gasteiger partial charge in [0.25, 0.3) is 0 Å². The third-order valence-electron chi connectivity index (χ3n) is 5.15. The van der Waals surface area contributed by atoms with E-state index in [1.54, 1.807) is 6.92 Å². The van der Waals surface area contributed by atoms with E-state index in [-0.39, 0.29) is 5.91 Å². The van der Waals surface area contributed by atoms with E-state index in [0.717, 1.165) is 31.8 Å². The van der Waals surface area contributed by atoms with Crippen LogP contribution >= 0.6 is 0 Å². The van der Waals surface area contributed by atoms with Gasteiger partial charge in [0.05, 0.1) is 0 Å². The number of aromatic nitrogens is 1. The molecule has 0 bridgehead atoms. The van der Waals surface area contributed by atoms with Gasteiger partial charge < -0.3 is 9.88 Å². The molecule has 0 radical (unpaired) electrons. The molecule has 1 amide bonds. The number of likely N-dealkylation sites (tertiary alicyclic amines) is 1. The van der Waals surface area contributed by atoms with Crippen molar-refractivity contribution in [3.63, 3.8) is 0 Å². The summed E-state index contributed by atoms with van der Waals surface area (Å²) in [6, 6.07) is 6.99. The SMILES string of the molecule is CC(=O)N1CCC(c2cc(C3CC3)cc3[nH]ccc23)CC1. The molecule has 0 spiro atoms. The molecule has 110 valence electrons. The number of nitrogens with one attached hydrogen (secondary N) is 1. The first-order chi connectivity index (χ1) is 10.2. The molecule has 1 N–H and O–H groups in total. The lowest BCUT2D eigenvalue weighted by Gasteiger charge is -2.32. The van der Waals surface area contributed by atoms with Crippen LogP contribution in [0.1, 0.15) is 55.6 Å². The molecular formula is C18H22N2O. The largest absolute Gasteiger partial charge is 0.361 e. The topological polar surface area (TPSA) is 36.1 Å². The number of hydrogen-bond acceptors (Lipinski definition) is 1. The summed E-state index contributed by atoms with van der Waals surface area (Å²) >= 11 is 0. The Balaban J connectivity index is 1.66. The molecular weight excluding hydrogens is 260 g/mol. The van der Waals surface area contributed by atoms with Gasteiger partial charge in [-0.1, -0.05) is 6.07 Å². The third kappa shape index (κ3) is 2.35. The molecule has 2 aromatic rings. The van der Waals surface area contributed by atoms with Crippen LogP contribution in [0.4, 0.5) is 0 Å². The second-order valence-corrected chi connectivity index (χ2v) is 6.60. The lowest BCUT2D eigenvalue weighted by Crippen LogP contribution is -2.36. The summed E-state index contributed by atoms with van der Waals surface area (Å²) in [5, 5.41) is 1.38. The fourth-order valence-electron chi connectivity index (χ4n) is 3.71. The molecule has 1 saturated carbocycles. The van der Waals surface area contributed by atoms with Crippen molar-refractivity contribution in [3.05, 3.63) is 35.5 Å². The molecule has 2 fully saturated rings. The summed E-state index contributed by atoms with van der Waals surface area (Å²) in [5.74, 6) is 1.60. The number of hydrogen-bond donors (Lipinski definition) is 1. The van der Waals surface area contributed by atoms with E-state index < -0.39 is 0 Å². The van der Waals surface area contributed by atoms with Crippen LogP contribution in [-0.4, -0.2) is 28.9 Å². The maximum atomic E-state index is 11.5. The molecule has 1 aromatic carbocycles. The smallest absolute Gasteiger partial charge is 0.219 e. The van der Waals surface area contributed by atoms with E-state index in [2.05, 4.69) is 29.4 Å². The predicted molar refractivity (Wildman–Crippen MR) is 84.5 cm³/mol. The summed E-state index contributed by atoms with van der Waals surface area (Å²) in [7, 11) is 0. The number of piperidine rings is 1. The quantitative estimate of drug-likeness (QED) is 0.894. The average molecular weight is 282 g/mol. The summed E-state index contributed by atoms with van der Waals surface area (Å²) in [4.78, 5) is 16.9. The molecule has 1 aliphatic heterocycles. The lowest BCUT2D eigenvalue weighted by molar-refractivity contribution is -0.129. The first-order valence-corrected chi connectivity index (χ1v) is 8.09. The van der Waals surface area contributed by atoms with Crippen molar-refractivity contribution in [1.29, 1.82) is 0 Å². The number of carbonyl (C=O) groups is 1. The van der Waals surface area contributed by atoms with Crippen LogP contribution in [0.25, 0.3) is 10.9 Å². The van der Waals surface area contributed by atoms with E-state index in [9.17, 15) is 4.79 Å². The Hall–Kier alpha value is -1.77. The zero-order chi connectivity index (χ0) is 14.4. The number of aromatic amines is 1. The minimum absolute atomic E-state index is 0.215. The molecule has 21 heavy (non-hydrogen) atoms. The summed E-state index contributed by atoms with van der Waals surface area (Å²) < 4.78 is 0. The molecule has 0 unspecified atom stereocenters. The maximum absolute atomic E-state index is 11.5. The number of amides is 1. The monoisotopic (exact) mass is 282 g/mol. The van der Waals surface area contributed by atoms with Gasteiger partial charge in [-0.2, -0.15) is 0 Å². The van der Waals surface area contributed by atoms with Crippen molar-refractivity contribution in [3.8, 4) is 0 Å². The molecule has 4 rings (SSSR count). The minimum atomic E-state index is 0.215. The van der Waals surface area contributed by atoms with Gasteiger partial charge in [-0.15, -0.1) is 0 Å². The van der Waals surface area contributed by atoms with Gasteiger partial charge in [0.2, 0.25) is 5.91 Å². The molecule has 3 heteroatoms. The second-order valence-electron chi connectivity index (χ2n) is 6.60. The van der Waals surface area contributed by atoms with Crippen LogP contribution in [-0.2, 0) is 4.79 Å². The van der Waals surface area contributed by atoms with Crippen LogP contribution in [0.3, 0.4) is 0 Å². The molecule has 1 aliphatic carbocycles. The van der Waals surface area contributed by atoms with E-state index >= 15 is 0 Å². The summed E-state index contributed by atoms with van der Waals surface area (Å²) in [5.41, 5.74) is 4.29. The maximum Gasteiger partial charge on any atom is 0.219 e. The molecule has 1 saturated heterocycles. The predicted octanol–water partition coefficient (Wildman–Crippen LogP) is 3.77. The normalized spacial score (nSPS) is 20.1. The van der Waals surface area contributed by atoms with Gasteiger partial charge in [0.15, 0.2) is 0 Å². The highest BCUT2D eigenvalue weighted by atomic mass is 16.2. The van der Waals surface area contributed by atoms with Crippen molar-refractivity contribution < 1.29 is 4.79 Å². The van der Waals surface area contributed by atoms with Crippen LogP contribution in [0.5, 0.6) is 0 Å². The van der Waals surface area contributed by atoms with Crippen molar-refractivity contribution in [2.24, 2.45) is 0 Å². The molecule has 1 aromatic heterocycles. The third-order valence-corrected chi connectivity index (χ3v) is 5.15. The van der Waals surface area contributed by atoms with E-state index in [0.29, 0.717) is 5.92 Å². The zero-order valence-electron chi connectivity index (χ0n) is 12.6. The van der Waals surface area contributed by atoms with E-state index in [4.69, 9.17) is 0 Å². The standard InChI is InChI=1S/C18H22N2O/c1-12(21)20-8-5-14(6-9-20)17-10-15(13-2-3-13)11-18-16(17)4-7-19-18/h4,7,10-11,13-14,19H,2-3,5-6,8-9H2,1H3. The van der Waals surface area contributed by atoms with Crippen molar-refractivity contribution >= 4 is 16.8 Å². The van der Waals surface area contributed by atoms with Gasteiger partial charge >= 0.3 is 0 Å². The van der Waals surface area contributed by atoms with Crippen LogP contribution in [0.15, 0.2) is 24.4 Å². The van der Waals surface area contributed by atoms with Gasteiger partial charge in [-0.25, -0.2) is 0 Å². The Kier molecular flexibility index (Phi) is 3.02. The van der Waals surface area contributed by atoms with E-state index in [1.165, 1.54) is 34.9 Å². The Bertz CT molecular complexity index is 676. The molecule has 0 atom stereocenters. The second kappa shape index (κ2) is 4.90. The highest BCUT2D eigenvalue weighted by Gasteiger charge is 2.28. The number of fused-ring (bicyclic) bond motifs is 1. The zero-order valence-corrected chi connectivity index (χ0v) is 12.6. The number of H-pyrrole nitrogens is 1. The Morgan fingerprint density at radius 2 is 1.90 bits per heavy atom. The Labute approximate surface area is 125 Å².